The van der Waals surface area contributed by atoms with Crippen molar-refractivity contribution in [2.45, 2.75) is 25.2 Å². The van der Waals surface area contributed by atoms with Gasteiger partial charge in [0.2, 0.25) is 11.9 Å². The number of carbonyl (C=O) groups excluding carboxylic acids is 2. The number of para-hydroxylation sites is 1. The average molecular weight is 433 g/mol. The summed E-state index contributed by atoms with van der Waals surface area (Å²) in [7, 11) is 0. The lowest BCUT2D eigenvalue weighted by molar-refractivity contribution is -0.384. The molecule has 2 N–H and O–H groups in total. The Bertz CT molecular complexity index is 1240. The van der Waals surface area contributed by atoms with Gasteiger partial charge < -0.3 is 5.32 Å². The molecule has 0 bridgehead atoms. The Kier molecular flexibility index (Phi) is 4.45. The van der Waals surface area contributed by atoms with Crippen molar-refractivity contribution < 1.29 is 27.7 Å². The molecule has 1 unspecified atom stereocenters. The van der Waals surface area contributed by atoms with Crippen LogP contribution in [0.1, 0.15) is 13.3 Å². The van der Waals surface area contributed by atoms with Crippen molar-refractivity contribution in [3.05, 3.63) is 52.6 Å². The van der Waals surface area contributed by atoms with Crippen LogP contribution in [0.2, 0.25) is 0 Å². The van der Waals surface area contributed by atoms with Gasteiger partial charge in [0.1, 0.15) is 0 Å². The molecular formula is C19H14F3N5O4. The van der Waals surface area contributed by atoms with Gasteiger partial charge in [-0.15, -0.1) is 0 Å². The van der Waals surface area contributed by atoms with Gasteiger partial charge in [-0.05, 0) is 23.8 Å². The maximum atomic E-state index is 14.2. The van der Waals surface area contributed by atoms with Gasteiger partial charge in [0, 0.05) is 24.1 Å². The molecule has 0 radical (unpaired) electrons. The molecule has 2 aromatic carbocycles. The summed E-state index contributed by atoms with van der Waals surface area (Å²) >= 11 is 0. The second-order valence-electron chi connectivity index (χ2n) is 6.81. The van der Waals surface area contributed by atoms with Crippen LogP contribution in [0.4, 0.5) is 24.8 Å². The number of hydrogen-bond acceptors (Lipinski definition) is 5. The second-order valence-corrected chi connectivity index (χ2v) is 6.81. The van der Waals surface area contributed by atoms with Crippen LogP contribution in [0.15, 0.2) is 42.5 Å². The van der Waals surface area contributed by atoms with Gasteiger partial charge >= 0.3 is 6.18 Å². The highest BCUT2D eigenvalue weighted by molar-refractivity contribution is 6.06. The van der Waals surface area contributed by atoms with Crippen LogP contribution in [-0.4, -0.2) is 32.5 Å². The molecular weight excluding hydrogens is 419 g/mol. The van der Waals surface area contributed by atoms with E-state index in [4.69, 9.17) is 0 Å². The van der Waals surface area contributed by atoms with Crippen LogP contribution in [-0.2, 0) is 15.3 Å². The number of nitro groups is 1. The van der Waals surface area contributed by atoms with Crippen molar-refractivity contribution in [2.24, 2.45) is 0 Å². The highest BCUT2D eigenvalue weighted by Gasteiger charge is 2.67. The average Bonchev–Trinajstić information content (AvgIpc) is 3.21. The number of aromatic nitrogens is 2. The zero-order valence-corrected chi connectivity index (χ0v) is 15.9. The molecule has 160 valence electrons. The normalized spacial score (nSPS) is 18.0. The number of rotatable bonds is 4. The third-order valence-electron chi connectivity index (χ3n) is 5.02. The SMILES string of the molecule is CCC(=O)NC1(C(F)(F)F)C(=O)Nc2nc3c(-c4ccc([N+](=O)[O-])cc4)cccc3n21. The Morgan fingerprint density at radius 1 is 1.26 bits per heavy atom. The summed E-state index contributed by atoms with van der Waals surface area (Å²) in [6, 6.07) is 9.84. The molecule has 12 heteroatoms. The number of hydrogen-bond donors (Lipinski definition) is 2. The van der Waals surface area contributed by atoms with E-state index in [0.717, 1.165) is 0 Å². The molecule has 1 aromatic heterocycles. The molecule has 0 spiro atoms. The number of alkyl halides is 3. The molecule has 2 amide bonds. The minimum atomic E-state index is -5.16. The van der Waals surface area contributed by atoms with Crippen molar-refractivity contribution in [3.8, 4) is 11.1 Å². The van der Waals surface area contributed by atoms with Gasteiger partial charge in [0.05, 0.1) is 16.0 Å². The summed E-state index contributed by atoms with van der Waals surface area (Å²) in [5, 5.41) is 14.8. The fraction of sp³-hybridized carbons (Fsp3) is 0.211. The summed E-state index contributed by atoms with van der Waals surface area (Å²) < 4.78 is 43.2. The van der Waals surface area contributed by atoms with Crippen molar-refractivity contribution >= 4 is 34.5 Å². The fourth-order valence-electron chi connectivity index (χ4n) is 3.54. The first-order valence-corrected chi connectivity index (χ1v) is 9.06. The third-order valence-corrected chi connectivity index (χ3v) is 5.02. The van der Waals surface area contributed by atoms with E-state index in [1.165, 1.54) is 43.3 Å². The largest absolute Gasteiger partial charge is 0.440 e. The molecule has 4 rings (SSSR count). The van der Waals surface area contributed by atoms with Crippen molar-refractivity contribution in [1.29, 1.82) is 0 Å². The molecule has 1 atom stereocenters. The lowest BCUT2D eigenvalue weighted by Crippen LogP contribution is -2.63. The standard InChI is InChI=1S/C19H14F3N5O4/c1-2-14(28)25-18(19(20,21)22)16(29)24-17-23-15-12(4-3-5-13(15)26(17)18)10-6-8-11(9-7-10)27(30)31/h3-9H,2H2,1H3,(H,25,28)(H,23,24,29). The Morgan fingerprint density at radius 3 is 2.52 bits per heavy atom. The Hall–Kier alpha value is -3.96. The first kappa shape index (κ1) is 20.3. The van der Waals surface area contributed by atoms with E-state index >= 15 is 0 Å². The van der Waals surface area contributed by atoms with E-state index in [1.807, 2.05) is 5.32 Å². The number of amides is 2. The Morgan fingerprint density at radius 2 is 1.94 bits per heavy atom. The Labute approximate surface area is 172 Å². The number of imidazole rings is 1. The maximum Gasteiger partial charge on any atom is 0.440 e. The third kappa shape index (κ3) is 2.90. The van der Waals surface area contributed by atoms with Gasteiger partial charge in [-0.2, -0.15) is 13.2 Å². The Balaban J connectivity index is 1.95. The molecule has 2 heterocycles. The zero-order chi connectivity index (χ0) is 22.6. The number of halogens is 3. The van der Waals surface area contributed by atoms with Crippen LogP contribution in [0.25, 0.3) is 22.2 Å². The lowest BCUT2D eigenvalue weighted by Gasteiger charge is -2.31. The van der Waals surface area contributed by atoms with Crippen LogP contribution in [0, 0.1) is 10.1 Å². The number of nitrogens with one attached hydrogen (secondary N) is 2. The number of anilines is 1. The van der Waals surface area contributed by atoms with Gasteiger partial charge in [-0.3, -0.25) is 29.6 Å². The number of benzene rings is 2. The second kappa shape index (κ2) is 6.79. The van der Waals surface area contributed by atoms with E-state index < -0.39 is 28.6 Å². The van der Waals surface area contributed by atoms with E-state index in [2.05, 4.69) is 10.3 Å². The minimum absolute atomic E-state index is 0.0436. The van der Waals surface area contributed by atoms with E-state index in [-0.39, 0.29) is 29.1 Å². The molecule has 1 aliphatic rings. The monoisotopic (exact) mass is 433 g/mol. The van der Waals surface area contributed by atoms with Crippen molar-refractivity contribution in [1.82, 2.24) is 14.9 Å². The summed E-state index contributed by atoms with van der Waals surface area (Å²) in [5.41, 5.74) is -2.52. The molecule has 31 heavy (non-hydrogen) atoms. The van der Waals surface area contributed by atoms with Crippen molar-refractivity contribution in [3.63, 3.8) is 0 Å². The molecule has 9 nitrogen and oxygen atoms in total. The van der Waals surface area contributed by atoms with Crippen LogP contribution in [0.3, 0.4) is 0 Å². The first-order valence-electron chi connectivity index (χ1n) is 9.06. The lowest BCUT2D eigenvalue weighted by atomic mass is 10.0. The quantitative estimate of drug-likeness (QED) is 0.483. The van der Waals surface area contributed by atoms with Crippen LogP contribution in [0.5, 0.6) is 0 Å². The summed E-state index contributed by atoms with van der Waals surface area (Å²) in [5.74, 6) is -2.80. The number of carbonyl (C=O) groups is 2. The number of fused-ring (bicyclic) bond motifs is 3. The minimum Gasteiger partial charge on any atom is -0.317 e. The van der Waals surface area contributed by atoms with E-state index in [0.29, 0.717) is 15.7 Å². The summed E-state index contributed by atoms with van der Waals surface area (Å²) in [6.07, 6.45) is -5.43. The highest BCUT2D eigenvalue weighted by Crippen LogP contribution is 2.45. The topological polar surface area (TPSA) is 119 Å². The molecule has 0 saturated carbocycles. The van der Waals surface area contributed by atoms with Gasteiger partial charge in [0.25, 0.3) is 17.3 Å². The molecule has 0 aliphatic carbocycles. The number of non-ortho nitro benzene ring substituents is 1. The molecule has 1 aliphatic heterocycles. The summed E-state index contributed by atoms with van der Waals surface area (Å²) in [6.45, 7) is 1.37. The predicted octanol–water partition coefficient (Wildman–Crippen LogP) is 3.30. The number of nitrogens with zero attached hydrogens (tertiary/aromatic N) is 3. The number of nitro benzene ring substituents is 1. The molecule has 3 aromatic rings. The fourth-order valence-corrected chi connectivity index (χ4v) is 3.54. The zero-order valence-electron chi connectivity index (χ0n) is 15.9. The smallest absolute Gasteiger partial charge is 0.317 e. The summed E-state index contributed by atoms with van der Waals surface area (Å²) in [4.78, 5) is 38.8. The van der Waals surface area contributed by atoms with Gasteiger partial charge in [-0.25, -0.2) is 4.98 Å². The molecule has 0 saturated heterocycles. The van der Waals surface area contributed by atoms with Crippen LogP contribution >= 0.6 is 0 Å². The molecule has 0 fully saturated rings. The van der Waals surface area contributed by atoms with Crippen molar-refractivity contribution in [2.75, 3.05) is 5.32 Å². The van der Waals surface area contributed by atoms with E-state index in [9.17, 15) is 32.9 Å². The van der Waals surface area contributed by atoms with E-state index in [1.54, 1.807) is 6.07 Å². The first-order chi connectivity index (χ1) is 14.6. The van der Waals surface area contributed by atoms with Gasteiger partial charge in [0.15, 0.2) is 0 Å². The maximum absolute atomic E-state index is 14.2. The van der Waals surface area contributed by atoms with Gasteiger partial charge in [-0.1, -0.05) is 19.1 Å². The highest BCUT2D eigenvalue weighted by atomic mass is 19.4. The van der Waals surface area contributed by atoms with Crippen LogP contribution < -0.4 is 10.6 Å². The predicted molar refractivity (Wildman–Crippen MR) is 103 cm³/mol.